The number of methoxy groups -OCH3 is 1. The Kier molecular flexibility index (Phi) is 4.19. The monoisotopic (exact) mass is 296 g/mol. The molecule has 0 saturated heterocycles. The lowest BCUT2D eigenvalue weighted by Crippen LogP contribution is -2.13. The standard InChI is InChI=1S/C18H17FN2O/c1-22-16-8-6-14(7-9-16)18(21-11-10-20-13-21)12-15-4-2-3-5-17(15)19/h2-11,13,18H,12H2,1H3/t18-/m0/s1. The number of aromatic nitrogens is 2. The van der Waals surface area contributed by atoms with E-state index in [-0.39, 0.29) is 11.9 Å². The van der Waals surface area contributed by atoms with Crippen LogP contribution in [0, 0.1) is 5.82 Å². The molecule has 3 nitrogen and oxygen atoms in total. The first-order valence-electron chi connectivity index (χ1n) is 7.12. The summed E-state index contributed by atoms with van der Waals surface area (Å²) in [6.07, 6.45) is 5.96. The SMILES string of the molecule is COc1ccc([C@H](Cc2ccccc2F)n2ccnc2)cc1. The maximum Gasteiger partial charge on any atom is 0.126 e. The first-order chi connectivity index (χ1) is 10.8. The van der Waals surface area contributed by atoms with Gasteiger partial charge in [0.15, 0.2) is 0 Å². The van der Waals surface area contributed by atoms with E-state index in [1.54, 1.807) is 25.7 Å². The van der Waals surface area contributed by atoms with E-state index in [0.29, 0.717) is 12.0 Å². The molecule has 3 rings (SSSR count). The fourth-order valence-electron chi connectivity index (χ4n) is 2.55. The fourth-order valence-corrected chi connectivity index (χ4v) is 2.55. The van der Waals surface area contributed by atoms with Gasteiger partial charge in [-0.2, -0.15) is 0 Å². The van der Waals surface area contributed by atoms with Crippen LogP contribution in [0.25, 0.3) is 0 Å². The summed E-state index contributed by atoms with van der Waals surface area (Å²) in [6, 6.07) is 14.7. The summed E-state index contributed by atoms with van der Waals surface area (Å²) in [4.78, 5) is 4.11. The molecule has 112 valence electrons. The summed E-state index contributed by atoms with van der Waals surface area (Å²) < 4.78 is 21.2. The minimum atomic E-state index is -0.180. The van der Waals surface area contributed by atoms with Crippen LogP contribution in [-0.2, 0) is 6.42 Å². The highest BCUT2D eigenvalue weighted by molar-refractivity contribution is 5.31. The van der Waals surface area contributed by atoms with Crippen LogP contribution in [0.2, 0.25) is 0 Å². The van der Waals surface area contributed by atoms with Crippen molar-refractivity contribution in [2.24, 2.45) is 0 Å². The van der Waals surface area contributed by atoms with Crippen LogP contribution in [0.15, 0.2) is 67.3 Å². The third kappa shape index (κ3) is 3.01. The lowest BCUT2D eigenvalue weighted by molar-refractivity contribution is 0.414. The zero-order chi connectivity index (χ0) is 15.4. The van der Waals surface area contributed by atoms with Gasteiger partial charge in [-0.25, -0.2) is 9.37 Å². The highest BCUT2D eigenvalue weighted by Gasteiger charge is 2.16. The summed E-state index contributed by atoms with van der Waals surface area (Å²) in [7, 11) is 1.64. The van der Waals surface area contributed by atoms with Gasteiger partial charge < -0.3 is 9.30 Å². The molecule has 2 aromatic carbocycles. The molecule has 1 heterocycles. The maximum atomic E-state index is 14.0. The molecule has 0 N–H and O–H groups in total. The van der Waals surface area contributed by atoms with Crippen molar-refractivity contribution < 1.29 is 9.13 Å². The molecular formula is C18H17FN2O. The normalized spacial score (nSPS) is 12.1. The Hall–Kier alpha value is -2.62. The lowest BCUT2D eigenvalue weighted by Gasteiger charge is -2.20. The number of halogens is 1. The van der Waals surface area contributed by atoms with Crippen molar-refractivity contribution >= 4 is 0 Å². The summed E-state index contributed by atoms with van der Waals surface area (Å²) in [5.74, 6) is 0.625. The predicted molar refractivity (Wildman–Crippen MR) is 83.5 cm³/mol. The van der Waals surface area contributed by atoms with E-state index in [1.165, 1.54) is 6.07 Å². The van der Waals surface area contributed by atoms with Crippen LogP contribution in [0.4, 0.5) is 4.39 Å². The Bertz CT molecular complexity index is 723. The zero-order valence-electron chi connectivity index (χ0n) is 12.3. The average molecular weight is 296 g/mol. The molecule has 1 aromatic heterocycles. The summed E-state index contributed by atoms with van der Waals surface area (Å²) >= 11 is 0. The van der Waals surface area contributed by atoms with Gasteiger partial charge in [0, 0.05) is 18.8 Å². The number of benzene rings is 2. The predicted octanol–water partition coefficient (Wildman–Crippen LogP) is 3.86. The zero-order valence-corrected chi connectivity index (χ0v) is 12.3. The molecule has 4 heteroatoms. The van der Waals surface area contributed by atoms with Crippen LogP contribution in [0.3, 0.4) is 0 Å². The van der Waals surface area contributed by atoms with E-state index < -0.39 is 0 Å². The molecule has 0 fully saturated rings. The Labute approximate surface area is 129 Å². The number of nitrogens with zero attached hydrogens (tertiary/aromatic N) is 2. The molecule has 0 aliphatic rings. The first-order valence-corrected chi connectivity index (χ1v) is 7.12. The van der Waals surface area contributed by atoms with Crippen molar-refractivity contribution in [2.75, 3.05) is 7.11 Å². The van der Waals surface area contributed by atoms with Gasteiger partial charge in [-0.05, 0) is 29.3 Å². The minimum absolute atomic E-state index is 0.00898. The average Bonchev–Trinajstić information content (AvgIpc) is 3.08. The van der Waals surface area contributed by atoms with Gasteiger partial charge in [-0.3, -0.25) is 0 Å². The van der Waals surface area contributed by atoms with Crippen molar-refractivity contribution in [1.82, 2.24) is 9.55 Å². The quantitative estimate of drug-likeness (QED) is 0.715. The third-order valence-corrected chi connectivity index (χ3v) is 3.76. The van der Waals surface area contributed by atoms with Gasteiger partial charge >= 0.3 is 0 Å². The molecule has 3 aromatic rings. The van der Waals surface area contributed by atoms with Crippen molar-refractivity contribution in [3.63, 3.8) is 0 Å². The van der Waals surface area contributed by atoms with Crippen LogP contribution in [0.5, 0.6) is 5.75 Å². The van der Waals surface area contributed by atoms with E-state index in [1.807, 2.05) is 47.2 Å². The topological polar surface area (TPSA) is 27.1 Å². The third-order valence-electron chi connectivity index (χ3n) is 3.76. The largest absolute Gasteiger partial charge is 0.497 e. The summed E-state index contributed by atoms with van der Waals surface area (Å²) in [5.41, 5.74) is 1.78. The summed E-state index contributed by atoms with van der Waals surface area (Å²) in [5, 5.41) is 0. The molecule has 0 saturated carbocycles. The highest BCUT2D eigenvalue weighted by atomic mass is 19.1. The van der Waals surface area contributed by atoms with Crippen molar-refractivity contribution in [3.05, 3.63) is 84.2 Å². The Morgan fingerprint density at radius 3 is 2.55 bits per heavy atom. The van der Waals surface area contributed by atoms with Crippen LogP contribution in [-0.4, -0.2) is 16.7 Å². The second-order valence-corrected chi connectivity index (χ2v) is 5.09. The lowest BCUT2D eigenvalue weighted by atomic mass is 9.98. The van der Waals surface area contributed by atoms with E-state index in [2.05, 4.69) is 4.98 Å². The van der Waals surface area contributed by atoms with Crippen LogP contribution >= 0.6 is 0 Å². The molecule has 0 bridgehead atoms. The van der Waals surface area contributed by atoms with Crippen LogP contribution in [0.1, 0.15) is 17.2 Å². The Morgan fingerprint density at radius 1 is 1.14 bits per heavy atom. The Balaban J connectivity index is 1.95. The van der Waals surface area contributed by atoms with Crippen molar-refractivity contribution in [2.45, 2.75) is 12.5 Å². The molecule has 0 aliphatic heterocycles. The molecule has 0 radical (unpaired) electrons. The van der Waals surface area contributed by atoms with Gasteiger partial charge in [-0.1, -0.05) is 30.3 Å². The van der Waals surface area contributed by atoms with E-state index in [9.17, 15) is 4.39 Å². The minimum Gasteiger partial charge on any atom is -0.497 e. The van der Waals surface area contributed by atoms with E-state index >= 15 is 0 Å². The first kappa shape index (κ1) is 14.3. The van der Waals surface area contributed by atoms with Crippen molar-refractivity contribution in [3.8, 4) is 5.75 Å². The van der Waals surface area contributed by atoms with Gasteiger partial charge in [-0.15, -0.1) is 0 Å². The van der Waals surface area contributed by atoms with Crippen LogP contribution < -0.4 is 4.74 Å². The molecule has 1 atom stereocenters. The van der Waals surface area contributed by atoms with Gasteiger partial charge in [0.05, 0.1) is 19.5 Å². The Morgan fingerprint density at radius 2 is 1.91 bits per heavy atom. The van der Waals surface area contributed by atoms with Gasteiger partial charge in [0.2, 0.25) is 0 Å². The fraction of sp³-hybridized carbons (Fsp3) is 0.167. The second-order valence-electron chi connectivity index (χ2n) is 5.09. The number of hydrogen-bond acceptors (Lipinski definition) is 2. The molecule has 22 heavy (non-hydrogen) atoms. The number of hydrogen-bond donors (Lipinski definition) is 0. The van der Waals surface area contributed by atoms with Gasteiger partial charge in [0.1, 0.15) is 11.6 Å². The highest BCUT2D eigenvalue weighted by Crippen LogP contribution is 2.26. The number of ether oxygens (including phenoxy) is 1. The number of imidazole rings is 1. The molecule has 0 amide bonds. The molecule has 0 unspecified atom stereocenters. The van der Waals surface area contributed by atoms with E-state index in [4.69, 9.17) is 4.74 Å². The smallest absolute Gasteiger partial charge is 0.126 e. The second kappa shape index (κ2) is 6.43. The molecule has 0 aliphatic carbocycles. The molecular weight excluding hydrogens is 279 g/mol. The maximum absolute atomic E-state index is 14.0. The van der Waals surface area contributed by atoms with Gasteiger partial charge in [0.25, 0.3) is 0 Å². The van der Waals surface area contributed by atoms with Crippen molar-refractivity contribution in [1.29, 1.82) is 0 Å². The number of rotatable bonds is 5. The summed E-state index contributed by atoms with van der Waals surface area (Å²) in [6.45, 7) is 0. The van der Waals surface area contributed by atoms with E-state index in [0.717, 1.165) is 11.3 Å². The molecule has 0 spiro atoms.